The van der Waals surface area contributed by atoms with Gasteiger partial charge in [-0.1, -0.05) is 11.6 Å². The van der Waals surface area contributed by atoms with E-state index in [9.17, 15) is 13.2 Å². The molecule has 0 unspecified atom stereocenters. The van der Waals surface area contributed by atoms with Crippen LogP contribution in [0.1, 0.15) is 20.8 Å². The highest BCUT2D eigenvalue weighted by Crippen LogP contribution is 2.27. The molecule has 0 aliphatic heterocycles. The number of hydrogen-bond donors (Lipinski definition) is 1. The first-order valence-corrected chi connectivity index (χ1v) is 8.79. The van der Waals surface area contributed by atoms with Gasteiger partial charge in [0.2, 0.25) is 15.9 Å². The Morgan fingerprint density at radius 2 is 1.95 bits per heavy atom. The second-order valence-corrected chi connectivity index (χ2v) is 8.15. The quantitative estimate of drug-likeness (QED) is 0.886. The van der Waals surface area contributed by atoms with Crippen molar-refractivity contribution in [2.75, 3.05) is 25.2 Å². The molecule has 0 heterocycles. The maximum absolute atomic E-state index is 12.1. The first-order valence-electron chi connectivity index (χ1n) is 6.56. The average Bonchev–Trinajstić information content (AvgIpc) is 2.33. The first-order chi connectivity index (χ1) is 9.95. The number of benzene rings is 1. The summed E-state index contributed by atoms with van der Waals surface area (Å²) in [6.07, 6.45) is 1.08. The molecule has 0 saturated heterocycles. The van der Waals surface area contributed by atoms with Crippen molar-refractivity contribution in [2.45, 2.75) is 26.3 Å². The molecule has 1 aromatic rings. The fraction of sp³-hybridized carbons (Fsp3) is 0.500. The predicted octanol–water partition coefficient (Wildman–Crippen LogP) is 2.35. The van der Waals surface area contributed by atoms with E-state index in [0.717, 1.165) is 10.6 Å². The highest BCUT2D eigenvalue weighted by Gasteiger charge is 2.31. The van der Waals surface area contributed by atoms with Gasteiger partial charge in [0.15, 0.2) is 0 Å². The first kappa shape index (κ1) is 18.7. The minimum Gasteiger partial charge on any atom is -0.495 e. The number of anilines is 1. The fourth-order valence-electron chi connectivity index (χ4n) is 1.93. The van der Waals surface area contributed by atoms with Crippen molar-refractivity contribution >= 4 is 33.2 Å². The molecule has 22 heavy (non-hydrogen) atoms. The summed E-state index contributed by atoms with van der Waals surface area (Å²) in [5.74, 6) is 0.0497. The van der Waals surface area contributed by atoms with Crippen LogP contribution in [0.15, 0.2) is 18.2 Å². The van der Waals surface area contributed by atoms with Crippen molar-refractivity contribution < 1.29 is 17.9 Å². The second-order valence-electron chi connectivity index (χ2n) is 5.84. The van der Waals surface area contributed by atoms with E-state index < -0.39 is 21.5 Å². The lowest BCUT2D eigenvalue weighted by atomic mass is 10.1. The monoisotopic (exact) mass is 348 g/mol. The Kier molecular flexibility index (Phi) is 5.83. The van der Waals surface area contributed by atoms with Crippen LogP contribution in [-0.4, -0.2) is 44.1 Å². The van der Waals surface area contributed by atoms with Gasteiger partial charge in [-0.3, -0.25) is 4.79 Å². The molecule has 1 N–H and O–H groups in total. The maximum atomic E-state index is 12.1. The number of nitrogens with zero attached hydrogens (tertiary/aromatic N) is 1. The number of hydrogen-bond acceptors (Lipinski definition) is 4. The van der Waals surface area contributed by atoms with Gasteiger partial charge in [0.1, 0.15) is 5.75 Å². The summed E-state index contributed by atoms with van der Waals surface area (Å²) in [6, 6.07) is 4.79. The Morgan fingerprint density at radius 1 is 1.36 bits per heavy atom. The van der Waals surface area contributed by atoms with E-state index in [1.54, 1.807) is 39.0 Å². The molecule has 0 aliphatic rings. The number of carbonyl (C=O) groups excluding carboxylic acids is 1. The van der Waals surface area contributed by atoms with Crippen molar-refractivity contribution in [3.8, 4) is 5.75 Å². The molecule has 6 nitrogen and oxygen atoms in total. The molecule has 0 radical (unpaired) electrons. The molecule has 1 aromatic carbocycles. The van der Waals surface area contributed by atoms with Gasteiger partial charge in [-0.25, -0.2) is 8.42 Å². The summed E-state index contributed by atoms with van der Waals surface area (Å²) < 4.78 is 29.8. The zero-order valence-electron chi connectivity index (χ0n) is 13.3. The van der Waals surface area contributed by atoms with Gasteiger partial charge in [-0.05, 0) is 39.0 Å². The molecule has 0 atom stereocenters. The maximum Gasteiger partial charge on any atom is 0.239 e. The van der Waals surface area contributed by atoms with E-state index in [1.807, 2.05) is 0 Å². The zero-order valence-corrected chi connectivity index (χ0v) is 14.9. The Hall–Kier alpha value is -1.31. The highest BCUT2D eigenvalue weighted by molar-refractivity contribution is 7.88. The van der Waals surface area contributed by atoms with Crippen molar-refractivity contribution in [3.63, 3.8) is 0 Å². The smallest absolute Gasteiger partial charge is 0.239 e. The van der Waals surface area contributed by atoms with Crippen LogP contribution < -0.4 is 10.1 Å². The van der Waals surface area contributed by atoms with Crippen LogP contribution >= 0.6 is 11.6 Å². The summed E-state index contributed by atoms with van der Waals surface area (Å²) in [4.78, 5) is 12.1. The standard InChI is InChI=1S/C14H21ClN2O4S/c1-14(2,3)17(22(5,19)20)9-13(18)16-10-6-7-12(21-4)11(15)8-10/h6-8H,9H2,1-5H3,(H,16,18). The van der Waals surface area contributed by atoms with E-state index in [4.69, 9.17) is 16.3 Å². The number of amides is 1. The van der Waals surface area contributed by atoms with Crippen molar-refractivity contribution in [1.29, 1.82) is 0 Å². The second kappa shape index (κ2) is 6.85. The lowest BCUT2D eigenvalue weighted by Gasteiger charge is -2.32. The summed E-state index contributed by atoms with van der Waals surface area (Å²) >= 11 is 5.98. The van der Waals surface area contributed by atoms with Crippen molar-refractivity contribution in [1.82, 2.24) is 4.31 Å². The third-order valence-electron chi connectivity index (χ3n) is 2.87. The van der Waals surface area contributed by atoms with Gasteiger partial charge in [0.05, 0.1) is 24.9 Å². The fourth-order valence-corrected chi connectivity index (χ4v) is 3.53. The lowest BCUT2D eigenvalue weighted by Crippen LogP contribution is -2.48. The Bertz CT molecular complexity index is 653. The molecule has 124 valence electrons. The largest absolute Gasteiger partial charge is 0.495 e. The van der Waals surface area contributed by atoms with E-state index in [2.05, 4.69) is 5.32 Å². The summed E-state index contributed by atoms with van der Waals surface area (Å²) in [6.45, 7) is 4.91. The lowest BCUT2D eigenvalue weighted by molar-refractivity contribution is -0.117. The molecule has 1 rings (SSSR count). The number of nitrogens with one attached hydrogen (secondary N) is 1. The molecule has 0 saturated carbocycles. The van der Waals surface area contributed by atoms with Gasteiger partial charge in [0.25, 0.3) is 0 Å². The molecule has 0 bridgehead atoms. The number of sulfonamides is 1. The van der Waals surface area contributed by atoms with E-state index in [1.165, 1.54) is 7.11 Å². The highest BCUT2D eigenvalue weighted by atomic mass is 35.5. The number of methoxy groups -OCH3 is 1. The number of rotatable bonds is 5. The Balaban J connectivity index is 2.87. The number of halogens is 1. The average molecular weight is 349 g/mol. The Morgan fingerprint density at radius 3 is 2.36 bits per heavy atom. The SMILES string of the molecule is COc1ccc(NC(=O)CN(C(C)(C)C)S(C)(=O)=O)cc1Cl. The van der Waals surface area contributed by atoms with E-state index >= 15 is 0 Å². The predicted molar refractivity (Wildman–Crippen MR) is 87.9 cm³/mol. The van der Waals surface area contributed by atoms with Gasteiger partial charge in [-0.15, -0.1) is 0 Å². The van der Waals surface area contributed by atoms with Crippen LogP contribution in [-0.2, 0) is 14.8 Å². The number of ether oxygens (including phenoxy) is 1. The van der Waals surface area contributed by atoms with Crippen LogP contribution in [0.25, 0.3) is 0 Å². The summed E-state index contributed by atoms with van der Waals surface area (Å²) in [5.41, 5.74) is -0.221. The molecule has 1 amide bonds. The van der Waals surface area contributed by atoms with Crippen LogP contribution in [0.4, 0.5) is 5.69 Å². The zero-order chi connectivity index (χ0) is 17.1. The third kappa shape index (κ3) is 5.15. The summed E-state index contributed by atoms with van der Waals surface area (Å²) in [5, 5.41) is 2.98. The van der Waals surface area contributed by atoms with Gasteiger partial charge >= 0.3 is 0 Å². The normalized spacial score (nSPS) is 12.3. The molecule has 0 aromatic heterocycles. The van der Waals surface area contributed by atoms with E-state index in [0.29, 0.717) is 16.5 Å². The molecular weight excluding hydrogens is 328 g/mol. The van der Waals surface area contributed by atoms with Crippen molar-refractivity contribution in [2.24, 2.45) is 0 Å². The molecule has 0 fully saturated rings. The van der Waals surface area contributed by atoms with Gasteiger partial charge in [0, 0.05) is 11.2 Å². The van der Waals surface area contributed by atoms with Gasteiger partial charge in [-0.2, -0.15) is 4.31 Å². The van der Waals surface area contributed by atoms with E-state index in [-0.39, 0.29) is 6.54 Å². The van der Waals surface area contributed by atoms with Crippen LogP contribution in [0.2, 0.25) is 5.02 Å². The molecular formula is C14H21ClN2O4S. The van der Waals surface area contributed by atoms with Crippen LogP contribution in [0, 0.1) is 0 Å². The van der Waals surface area contributed by atoms with Crippen LogP contribution in [0.5, 0.6) is 5.75 Å². The minimum atomic E-state index is -3.50. The summed E-state index contributed by atoms with van der Waals surface area (Å²) in [7, 11) is -2.01. The molecule has 8 heteroatoms. The minimum absolute atomic E-state index is 0.272. The number of carbonyl (C=O) groups is 1. The van der Waals surface area contributed by atoms with Gasteiger partial charge < -0.3 is 10.1 Å². The van der Waals surface area contributed by atoms with Crippen LogP contribution in [0.3, 0.4) is 0 Å². The molecule has 0 aliphatic carbocycles. The van der Waals surface area contributed by atoms with Crippen molar-refractivity contribution in [3.05, 3.63) is 23.2 Å². The Labute approximate surface area is 136 Å². The third-order valence-corrected chi connectivity index (χ3v) is 4.64. The topological polar surface area (TPSA) is 75.7 Å². The molecule has 0 spiro atoms.